The average Bonchev–Trinajstić information content (AvgIpc) is 2.70. The number of aromatic hydroxyl groups is 4. The summed E-state index contributed by atoms with van der Waals surface area (Å²) in [6, 6.07) is 1.73. The molecule has 0 bridgehead atoms. The molecule has 1 saturated carbocycles. The molecule has 1 aliphatic carbocycles. The Labute approximate surface area is 208 Å². The van der Waals surface area contributed by atoms with Crippen molar-refractivity contribution in [2.24, 2.45) is 0 Å². The number of rotatable bonds is 6. The van der Waals surface area contributed by atoms with Gasteiger partial charge in [0.2, 0.25) is 0 Å². The van der Waals surface area contributed by atoms with Crippen molar-refractivity contribution in [1.82, 2.24) is 0 Å². The summed E-state index contributed by atoms with van der Waals surface area (Å²) in [6.45, 7) is 0. The Bertz CT molecular complexity index is 1310. The van der Waals surface area contributed by atoms with Crippen molar-refractivity contribution in [1.29, 1.82) is 0 Å². The fraction of sp³-hybridized carbons (Fsp3) is 0.333. The maximum absolute atomic E-state index is 12.6. The van der Waals surface area contributed by atoms with Crippen LogP contribution in [0, 0.1) is 0 Å². The SMILES string of the molecule is O=S(=O)(Nc1cc(O)c(C2C(O)C(c3c(O)cc(NS(=O)(=O)C(F)(F)F)cc3O)C2O)c(O)c1)C(F)(F)F. The van der Waals surface area contributed by atoms with E-state index in [0.29, 0.717) is 24.3 Å². The molecule has 0 atom stereocenters. The van der Waals surface area contributed by atoms with Gasteiger partial charge in [0, 0.05) is 47.2 Å². The summed E-state index contributed by atoms with van der Waals surface area (Å²) < 4.78 is 122. The van der Waals surface area contributed by atoms with Gasteiger partial charge in [-0.25, -0.2) is 0 Å². The van der Waals surface area contributed by atoms with E-state index in [2.05, 4.69) is 0 Å². The molecule has 2 aromatic rings. The quantitative estimate of drug-likeness (QED) is 0.225. The Kier molecular flexibility index (Phi) is 7.02. The Hall–Kier alpha value is -3.36. The highest BCUT2D eigenvalue weighted by molar-refractivity contribution is 7.93. The zero-order valence-electron chi connectivity index (χ0n) is 18.0. The van der Waals surface area contributed by atoms with Crippen LogP contribution in [-0.2, 0) is 20.0 Å². The summed E-state index contributed by atoms with van der Waals surface area (Å²) in [5.41, 5.74) is -14.7. The van der Waals surface area contributed by atoms with Crippen LogP contribution in [0.25, 0.3) is 0 Å². The van der Waals surface area contributed by atoms with Crippen molar-refractivity contribution in [3.8, 4) is 23.0 Å². The smallest absolute Gasteiger partial charge is 0.507 e. The van der Waals surface area contributed by atoms with E-state index in [1.165, 1.54) is 0 Å². The van der Waals surface area contributed by atoms with Crippen LogP contribution in [0.15, 0.2) is 24.3 Å². The van der Waals surface area contributed by atoms with Crippen LogP contribution in [-0.4, -0.2) is 70.7 Å². The van der Waals surface area contributed by atoms with Gasteiger partial charge in [-0.2, -0.15) is 43.2 Å². The lowest BCUT2D eigenvalue weighted by Gasteiger charge is -2.47. The lowest BCUT2D eigenvalue weighted by molar-refractivity contribution is -0.0810. The topological polar surface area (TPSA) is 214 Å². The van der Waals surface area contributed by atoms with Gasteiger partial charge in [-0.3, -0.25) is 9.44 Å². The number of phenols is 4. The molecule has 0 amide bonds. The van der Waals surface area contributed by atoms with Crippen molar-refractivity contribution in [3.05, 3.63) is 35.4 Å². The minimum absolute atomic E-state index is 0.432. The third-order valence-electron chi connectivity index (χ3n) is 5.52. The molecule has 12 nitrogen and oxygen atoms in total. The molecular weight excluding hydrogens is 582 g/mol. The van der Waals surface area contributed by atoms with Gasteiger partial charge < -0.3 is 30.6 Å². The molecule has 0 unspecified atom stereocenters. The van der Waals surface area contributed by atoms with Crippen LogP contribution in [0.5, 0.6) is 23.0 Å². The molecular formula is C18H16F6N2O10S2. The molecule has 0 heterocycles. The second-order valence-electron chi connectivity index (χ2n) is 7.99. The minimum atomic E-state index is -5.94. The highest BCUT2D eigenvalue weighted by atomic mass is 32.2. The van der Waals surface area contributed by atoms with Gasteiger partial charge in [0.25, 0.3) is 0 Å². The fourth-order valence-corrected chi connectivity index (χ4v) is 4.95. The van der Waals surface area contributed by atoms with Crippen molar-refractivity contribution < 1.29 is 73.8 Å². The molecule has 20 heteroatoms. The van der Waals surface area contributed by atoms with Gasteiger partial charge >= 0.3 is 31.1 Å². The van der Waals surface area contributed by atoms with Crippen LogP contribution < -0.4 is 9.44 Å². The molecule has 0 spiro atoms. The third-order valence-corrected chi connectivity index (χ3v) is 7.75. The molecule has 8 N–H and O–H groups in total. The summed E-state index contributed by atoms with van der Waals surface area (Å²) in [5, 5.41) is 61.7. The molecule has 38 heavy (non-hydrogen) atoms. The monoisotopic (exact) mass is 598 g/mol. The lowest BCUT2D eigenvalue weighted by Crippen LogP contribution is -2.51. The summed E-state index contributed by atoms with van der Waals surface area (Å²) in [5.74, 6) is -7.55. The maximum atomic E-state index is 12.6. The first-order valence-corrected chi connectivity index (χ1v) is 12.7. The second-order valence-corrected chi connectivity index (χ2v) is 11.3. The number of sulfonamides is 2. The van der Waals surface area contributed by atoms with Gasteiger partial charge in [0.1, 0.15) is 23.0 Å². The van der Waals surface area contributed by atoms with Crippen molar-refractivity contribution >= 4 is 31.4 Å². The Balaban J connectivity index is 1.90. The molecule has 1 aliphatic rings. The van der Waals surface area contributed by atoms with Gasteiger partial charge in [-0.05, 0) is 0 Å². The van der Waals surface area contributed by atoms with Crippen LogP contribution in [0.3, 0.4) is 0 Å². The second kappa shape index (κ2) is 9.13. The molecule has 0 aliphatic heterocycles. The van der Waals surface area contributed by atoms with Crippen LogP contribution in [0.2, 0.25) is 0 Å². The van der Waals surface area contributed by atoms with Gasteiger partial charge in [-0.15, -0.1) is 0 Å². The third kappa shape index (κ3) is 5.02. The zero-order chi connectivity index (χ0) is 29.2. The Morgan fingerprint density at radius 1 is 0.579 bits per heavy atom. The molecule has 0 aromatic heterocycles. The van der Waals surface area contributed by atoms with E-state index in [-0.39, 0.29) is 0 Å². The first kappa shape index (κ1) is 29.2. The Morgan fingerprint density at radius 3 is 1.03 bits per heavy atom. The number of hydrogen-bond donors (Lipinski definition) is 8. The van der Waals surface area contributed by atoms with E-state index in [0.717, 1.165) is 9.44 Å². The van der Waals surface area contributed by atoms with Gasteiger partial charge in [0.15, 0.2) is 0 Å². The number of benzene rings is 2. The van der Waals surface area contributed by atoms with E-state index in [1.54, 1.807) is 0 Å². The molecule has 3 rings (SSSR count). The lowest BCUT2D eigenvalue weighted by atomic mass is 9.62. The molecule has 0 radical (unpaired) electrons. The largest absolute Gasteiger partial charge is 0.516 e. The van der Waals surface area contributed by atoms with Crippen LogP contribution in [0.1, 0.15) is 23.0 Å². The molecule has 1 fully saturated rings. The zero-order valence-corrected chi connectivity index (χ0v) is 19.7. The van der Waals surface area contributed by atoms with Gasteiger partial charge in [-0.1, -0.05) is 0 Å². The number of phenolic OH excluding ortho intramolecular Hbond substituents is 4. The maximum Gasteiger partial charge on any atom is 0.516 e. The summed E-state index contributed by atoms with van der Waals surface area (Å²) in [7, 11) is -11.9. The Morgan fingerprint density at radius 2 is 0.816 bits per heavy atom. The van der Waals surface area contributed by atoms with Gasteiger partial charge in [0.05, 0.1) is 23.6 Å². The van der Waals surface area contributed by atoms with E-state index in [9.17, 15) is 73.8 Å². The number of aliphatic hydroxyl groups is 2. The number of hydrogen-bond acceptors (Lipinski definition) is 10. The standard InChI is InChI=1S/C18H16F6N2O10S2/c19-17(20,21)37(33,34)25-5-1-7(27)11(8(28)2-5)13-15(31)14(16(13)32)12-9(29)3-6(4-10(12)30)26-38(35,36)18(22,23)24/h1-4,13-16,25-32H. The normalized spacial score (nSPS) is 22.5. The predicted molar refractivity (Wildman–Crippen MR) is 114 cm³/mol. The molecule has 2 aromatic carbocycles. The summed E-state index contributed by atoms with van der Waals surface area (Å²) >= 11 is 0. The first-order chi connectivity index (χ1) is 17.1. The number of halogens is 6. The molecule has 212 valence electrons. The number of nitrogens with one attached hydrogen (secondary N) is 2. The average molecular weight is 598 g/mol. The van der Waals surface area contributed by atoms with E-state index in [4.69, 9.17) is 0 Å². The van der Waals surface area contributed by atoms with E-state index in [1.807, 2.05) is 0 Å². The minimum Gasteiger partial charge on any atom is -0.507 e. The van der Waals surface area contributed by atoms with Crippen LogP contribution in [0.4, 0.5) is 37.7 Å². The number of anilines is 2. The van der Waals surface area contributed by atoms with Crippen molar-refractivity contribution in [3.63, 3.8) is 0 Å². The predicted octanol–water partition coefficient (Wildman–Crippen LogP) is 1.63. The first-order valence-electron chi connectivity index (χ1n) is 9.75. The van der Waals surface area contributed by atoms with Crippen molar-refractivity contribution in [2.45, 2.75) is 35.1 Å². The highest BCUT2D eigenvalue weighted by Crippen LogP contribution is 2.56. The highest BCUT2D eigenvalue weighted by Gasteiger charge is 2.54. The summed E-state index contributed by atoms with van der Waals surface area (Å²) in [6.07, 6.45) is -3.73. The molecule has 0 saturated heterocycles. The van der Waals surface area contributed by atoms with Crippen LogP contribution >= 0.6 is 0 Å². The fourth-order valence-electron chi connectivity index (χ4n) is 3.86. The number of aliphatic hydroxyl groups excluding tert-OH is 2. The van der Waals surface area contributed by atoms with E-state index < -0.39 is 101 Å². The van der Waals surface area contributed by atoms with Crippen molar-refractivity contribution in [2.75, 3.05) is 9.44 Å². The van der Waals surface area contributed by atoms with E-state index >= 15 is 0 Å². The summed E-state index contributed by atoms with van der Waals surface area (Å²) in [4.78, 5) is 0. The number of alkyl halides is 6.